The Morgan fingerprint density at radius 3 is 2.77 bits per heavy atom. The third kappa shape index (κ3) is 6.41. The average Bonchev–Trinajstić information content (AvgIpc) is 2.62. The molecule has 0 aliphatic carbocycles. The molecule has 0 heterocycles. The van der Waals surface area contributed by atoms with Gasteiger partial charge in [-0.25, -0.2) is 5.43 Å². The third-order valence-electron chi connectivity index (χ3n) is 3.55. The molecule has 0 atom stereocenters. The van der Waals surface area contributed by atoms with Crippen LogP contribution in [0.2, 0.25) is 5.02 Å². The van der Waals surface area contributed by atoms with Crippen molar-refractivity contribution in [2.24, 2.45) is 5.10 Å². The minimum absolute atomic E-state index is 0.161. The van der Waals surface area contributed by atoms with Gasteiger partial charge in [-0.1, -0.05) is 23.7 Å². The minimum atomic E-state index is -0.161. The topological polar surface area (TPSA) is 59.9 Å². The van der Waals surface area contributed by atoms with Gasteiger partial charge in [0.05, 0.1) is 19.4 Å². The summed E-state index contributed by atoms with van der Waals surface area (Å²) in [6.07, 6.45) is 2.51. The molecule has 2 aromatic rings. The van der Waals surface area contributed by atoms with Gasteiger partial charge in [0, 0.05) is 17.0 Å². The van der Waals surface area contributed by atoms with Crippen molar-refractivity contribution in [2.45, 2.75) is 26.7 Å². The molecule has 0 radical (unpaired) electrons. The van der Waals surface area contributed by atoms with Crippen LogP contribution in [-0.4, -0.2) is 25.3 Å². The van der Waals surface area contributed by atoms with Crippen LogP contribution in [0.4, 0.5) is 0 Å². The van der Waals surface area contributed by atoms with Crippen LogP contribution < -0.4 is 14.9 Å². The fourth-order valence-electron chi connectivity index (χ4n) is 2.29. The van der Waals surface area contributed by atoms with E-state index in [0.29, 0.717) is 31.1 Å². The molecule has 0 aromatic heterocycles. The van der Waals surface area contributed by atoms with E-state index in [9.17, 15) is 4.79 Å². The molecule has 0 saturated carbocycles. The summed E-state index contributed by atoms with van der Waals surface area (Å²) in [6.45, 7) is 4.88. The van der Waals surface area contributed by atoms with Crippen molar-refractivity contribution >= 4 is 23.7 Å². The Morgan fingerprint density at radius 1 is 1.19 bits per heavy atom. The van der Waals surface area contributed by atoms with Crippen LogP contribution in [0.1, 0.15) is 30.9 Å². The molecule has 0 spiro atoms. The van der Waals surface area contributed by atoms with Crippen molar-refractivity contribution in [1.29, 1.82) is 0 Å². The van der Waals surface area contributed by atoms with Crippen molar-refractivity contribution in [3.05, 3.63) is 58.6 Å². The van der Waals surface area contributed by atoms with Gasteiger partial charge in [-0.05, 0) is 56.2 Å². The van der Waals surface area contributed by atoms with Gasteiger partial charge in [0.1, 0.15) is 11.5 Å². The second-order valence-corrected chi connectivity index (χ2v) is 6.06. The van der Waals surface area contributed by atoms with E-state index >= 15 is 0 Å². The summed E-state index contributed by atoms with van der Waals surface area (Å²) >= 11 is 5.91. The van der Waals surface area contributed by atoms with E-state index in [1.807, 2.05) is 50.2 Å². The van der Waals surface area contributed by atoms with E-state index in [4.69, 9.17) is 21.1 Å². The maximum atomic E-state index is 11.8. The molecule has 2 rings (SSSR count). The number of rotatable bonds is 9. The summed E-state index contributed by atoms with van der Waals surface area (Å²) in [5.74, 6) is 1.35. The quantitative estimate of drug-likeness (QED) is 0.403. The predicted octanol–water partition coefficient (Wildman–Crippen LogP) is 4.36. The number of para-hydroxylation sites is 1. The highest BCUT2D eigenvalue weighted by Gasteiger charge is 2.03. The molecular formula is C20H23ClN2O3. The normalized spacial score (nSPS) is 10.7. The Morgan fingerprint density at radius 2 is 2.00 bits per heavy atom. The van der Waals surface area contributed by atoms with Gasteiger partial charge in [0.15, 0.2) is 0 Å². The molecule has 5 nitrogen and oxygen atoms in total. The SMILES string of the molecule is CCOc1ccccc1C=NNC(=O)CCCOc1ccc(Cl)cc1C. The van der Waals surface area contributed by atoms with Crippen molar-refractivity contribution in [2.75, 3.05) is 13.2 Å². The molecule has 1 amide bonds. The highest BCUT2D eigenvalue weighted by molar-refractivity contribution is 6.30. The van der Waals surface area contributed by atoms with Gasteiger partial charge in [-0.15, -0.1) is 0 Å². The highest BCUT2D eigenvalue weighted by atomic mass is 35.5. The molecule has 0 fully saturated rings. The van der Waals surface area contributed by atoms with E-state index in [-0.39, 0.29) is 5.91 Å². The number of carbonyl (C=O) groups is 1. The Bertz CT molecular complexity index is 762. The van der Waals surface area contributed by atoms with Crippen molar-refractivity contribution in [1.82, 2.24) is 5.43 Å². The van der Waals surface area contributed by atoms with Crippen LogP contribution in [-0.2, 0) is 4.79 Å². The smallest absolute Gasteiger partial charge is 0.240 e. The van der Waals surface area contributed by atoms with Gasteiger partial charge < -0.3 is 9.47 Å². The number of carbonyl (C=O) groups excluding carboxylic acids is 1. The number of hydrogen-bond acceptors (Lipinski definition) is 4. The summed E-state index contributed by atoms with van der Waals surface area (Å²) in [5.41, 5.74) is 4.31. The van der Waals surface area contributed by atoms with E-state index in [1.165, 1.54) is 0 Å². The minimum Gasteiger partial charge on any atom is -0.493 e. The summed E-state index contributed by atoms with van der Waals surface area (Å²) in [5, 5.41) is 4.66. The van der Waals surface area contributed by atoms with Crippen LogP contribution in [0, 0.1) is 6.92 Å². The van der Waals surface area contributed by atoms with Crippen LogP contribution in [0.5, 0.6) is 11.5 Å². The lowest BCUT2D eigenvalue weighted by Crippen LogP contribution is -2.18. The molecule has 0 aliphatic heterocycles. The number of nitrogens with one attached hydrogen (secondary N) is 1. The number of hydrazone groups is 1. The molecule has 26 heavy (non-hydrogen) atoms. The Kier molecular flexibility index (Phi) is 7.96. The molecule has 0 aliphatic rings. The molecule has 0 unspecified atom stereocenters. The van der Waals surface area contributed by atoms with Crippen molar-refractivity contribution < 1.29 is 14.3 Å². The zero-order valence-corrected chi connectivity index (χ0v) is 15.8. The molecule has 6 heteroatoms. The van der Waals surface area contributed by atoms with E-state index in [1.54, 1.807) is 12.3 Å². The van der Waals surface area contributed by atoms with E-state index in [2.05, 4.69) is 10.5 Å². The molecule has 0 bridgehead atoms. The number of amides is 1. The van der Waals surface area contributed by atoms with Gasteiger partial charge in [0.25, 0.3) is 0 Å². The predicted molar refractivity (Wildman–Crippen MR) is 104 cm³/mol. The number of aryl methyl sites for hydroxylation is 1. The van der Waals surface area contributed by atoms with Crippen LogP contribution in [0.3, 0.4) is 0 Å². The Labute approximate surface area is 159 Å². The van der Waals surface area contributed by atoms with Crippen molar-refractivity contribution in [3.8, 4) is 11.5 Å². The second-order valence-electron chi connectivity index (χ2n) is 5.63. The van der Waals surface area contributed by atoms with Crippen molar-refractivity contribution in [3.63, 3.8) is 0 Å². The molecule has 138 valence electrons. The molecule has 0 saturated heterocycles. The van der Waals surface area contributed by atoms with Gasteiger partial charge in [-0.2, -0.15) is 5.10 Å². The average molecular weight is 375 g/mol. The summed E-state index contributed by atoms with van der Waals surface area (Å²) in [7, 11) is 0. The number of hydrogen-bond donors (Lipinski definition) is 1. The lowest BCUT2D eigenvalue weighted by atomic mass is 10.2. The first kappa shape index (κ1) is 19.8. The van der Waals surface area contributed by atoms with Crippen LogP contribution >= 0.6 is 11.6 Å². The first-order valence-electron chi connectivity index (χ1n) is 8.53. The monoisotopic (exact) mass is 374 g/mol. The van der Waals surface area contributed by atoms with Gasteiger partial charge in [0.2, 0.25) is 5.91 Å². The lowest BCUT2D eigenvalue weighted by Gasteiger charge is -2.09. The first-order valence-corrected chi connectivity index (χ1v) is 8.90. The third-order valence-corrected chi connectivity index (χ3v) is 3.79. The number of ether oxygens (including phenoxy) is 2. The highest BCUT2D eigenvalue weighted by Crippen LogP contribution is 2.22. The van der Waals surface area contributed by atoms with Gasteiger partial charge in [-0.3, -0.25) is 4.79 Å². The lowest BCUT2D eigenvalue weighted by molar-refractivity contribution is -0.121. The van der Waals surface area contributed by atoms with E-state index < -0.39 is 0 Å². The summed E-state index contributed by atoms with van der Waals surface area (Å²) < 4.78 is 11.2. The number of halogens is 1. The van der Waals surface area contributed by atoms with E-state index in [0.717, 1.165) is 22.6 Å². The summed E-state index contributed by atoms with van der Waals surface area (Å²) in [6, 6.07) is 13.0. The largest absolute Gasteiger partial charge is 0.493 e. The molecule has 1 N–H and O–H groups in total. The molecular weight excluding hydrogens is 352 g/mol. The Hall–Kier alpha value is -2.53. The molecule has 2 aromatic carbocycles. The van der Waals surface area contributed by atoms with Crippen LogP contribution in [0.25, 0.3) is 0 Å². The Balaban J connectivity index is 1.72. The standard InChI is InChI=1S/C20H23ClN2O3/c1-3-25-19-8-5-4-7-16(19)14-22-23-20(24)9-6-12-26-18-11-10-17(21)13-15(18)2/h4-5,7-8,10-11,13-14H,3,6,9,12H2,1-2H3,(H,23,24). The zero-order valence-electron chi connectivity index (χ0n) is 15.0. The van der Waals surface area contributed by atoms with Gasteiger partial charge >= 0.3 is 0 Å². The first-order chi connectivity index (χ1) is 12.6. The second kappa shape index (κ2) is 10.5. The maximum Gasteiger partial charge on any atom is 0.240 e. The number of benzene rings is 2. The summed E-state index contributed by atoms with van der Waals surface area (Å²) in [4.78, 5) is 11.8. The zero-order chi connectivity index (χ0) is 18.8. The van der Waals surface area contributed by atoms with Crippen LogP contribution in [0.15, 0.2) is 47.6 Å². The maximum absolute atomic E-state index is 11.8. The number of nitrogens with zero attached hydrogens (tertiary/aromatic N) is 1. The fraction of sp³-hybridized carbons (Fsp3) is 0.300. The fourth-order valence-corrected chi connectivity index (χ4v) is 2.52.